The Morgan fingerprint density at radius 1 is 0.291 bits per heavy atom. The molecule has 0 amide bonds. The average molecular weight is 702 g/mol. The van der Waals surface area contributed by atoms with E-state index in [2.05, 4.69) is 152 Å². The number of pyridine rings is 1. The summed E-state index contributed by atoms with van der Waals surface area (Å²) in [6, 6.07) is 65.5. The third-order valence-corrected chi connectivity index (χ3v) is 10.7. The molecule has 0 aliphatic rings. The Morgan fingerprint density at radius 3 is 1.44 bits per heavy atom. The Bertz CT molecular complexity index is 3220. The predicted molar refractivity (Wildman–Crippen MR) is 227 cm³/mol. The molecule has 11 rings (SSSR count). The first kappa shape index (κ1) is 31.1. The summed E-state index contributed by atoms with van der Waals surface area (Å²) in [5.41, 5.74) is 13.2. The normalized spacial score (nSPS) is 11.6. The van der Waals surface area contributed by atoms with Crippen LogP contribution in [0.3, 0.4) is 0 Å². The lowest BCUT2D eigenvalue weighted by Gasteiger charge is -2.12. The number of hydrogen-bond acceptors (Lipinski definition) is 4. The van der Waals surface area contributed by atoms with Crippen LogP contribution in [0.25, 0.3) is 111 Å². The van der Waals surface area contributed by atoms with Crippen molar-refractivity contribution in [1.29, 1.82) is 0 Å². The summed E-state index contributed by atoms with van der Waals surface area (Å²) in [5.74, 6) is 0.712. The Labute approximate surface area is 317 Å². The summed E-state index contributed by atoms with van der Waals surface area (Å²) < 4.78 is 6.52. The minimum absolute atomic E-state index is 0.712. The van der Waals surface area contributed by atoms with E-state index in [-0.39, 0.29) is 0 Å². The van der Waals surface area contributed by atoms with Crippen molar-refractivity contribution in [3.63, 3.8) is 0 Å². The van der Waals surface area contributed by atoms with E-state index in [1.807, 2.05) is 36.4 Å². The molecule has 0 aliphatic heterocycles. The second-order valence-electron chi connectivity index (χ2n) is 14.0. The van der Waals surface area contributed by atoms with E-state index in [9.17, 15) is 0 Å². The fraction of sp³-hybridized carbons (Fsp3) is 0. The highest BCUT2D eigenvalue weighted by Gasteiger charge is 2.18. The van der Waals surface area contributed by atoms with Gasteiger partial charge in [0.25, 0.3) is 0 Å². The Balaban J connectivity index is 0.948. The smallest absolute Gasteiger partial charge is 0.160 e. The summed E-state index contributed by atoms with van der Waals surface area (Å²) in [5, 5.41) is 6.53. The third kappa shape index (κ3) is 5.26. The predicted octanol–water partition coefficient (Wildman–Crippen LogP) is 13.6. The van der Waals surface area contributed by atoms with Crippen LogP contribution >= 0.6 is 0 Å². The highest BCUT2D eigenvalue weighted by atomic mass is 16.3. The van der Waals surface area contributed by atoms with Crippen molar-refractivity contribution < 1.29 is 4.42 Å². The van der Waals surface area contributed by atoms with Crippen molar-refractivity contribution in [2.75, 3.05) is 0 Å². The van der Waals surface area contributed by atoms with Crippen LogP contribution in [-0.4, -0.2) is 15.0 Å². The molecule has 0 spiro atoms. The number of nitrogens with zero attached hydrogens (tertiary/aromatic N) is 3. The molecule has 3 heterocycles. The molecule has 0 unspecified atom stereocenters. The number of benzene rings is 8. The van der Waals surface area contributed by atoms with Gasteiger partial charge in [0.1, 0.15) is 11.2 Å². The maximum atomic E-state index is 6.52. The second kappa shape index (κ2) is 12.6. The van der Waals surface area contributed by atoms with Crippen LogP contribution in [0, 0.1) is 0 Å². The number of hydrogen-bond donors (Lipinski definition) is 0. The van der Waals surface area contributed by atoms with Crippen LogP contribution in [0.5, 0.6) is 0 Å². The fourth-order valence-corrected chi connectivity index (χ4v) is 7.95. The van der Waals surface area contributed by atoms with E-state index in [0.29, 0.717) is 5.82 Å². The van der Waals surface area contributed by atoms with Gasteiger partial charge >= 0.3 is 0 Å². The lowest BCUT2D eigenvalue weighted by atomic mass is 9.96. The van der Waals surface area contributed by atoms with Gasteiger partial charge in [0, 0.05) is 49.0 Å². The summed E-state index contributed by atoms with van der Waals surface area (Å²) in [4.78, 5) is 15.3. The van der Waals surface area contributed by atoms with Crippen LogP contribution in [0.2, 0.25) is 0 Å². The Kier molecular flexibility index (Phi) is 7.14. The molecule has 0 fully saturated rings. The van der Waals surface area contributed by atoms with Crippen molar-refractivity contribution in [2.24, 2.45) is 0 Å². The van der Waals surface area contributed by atoms with Gasteiger partial charge in [-0.05, 0) is 46.5 Å². The first-order chi connectivity index (χ1) is 27.2. The quantitative estimate of drug-likeness (QED) is 0.168. The van der Waals surface area contributed by atoms with E-state index in [1.54, 1.807) is 0 Å². The molecule has 0 radical (unpaired) electrons. The van der Waals surface area contributed by atoms with Gasteiger partial charge in [-0.25, -0.2) is 15.0 Å². The lowest BCUT2D eigenvalue weighted by Crippen LogP contribution is -1.95. The number of fused-ring (bicyclic) bond motifs is 8. The zero-order chi connectivity index (χ0) is 36.3. The van der Waals surface area contributed by atoms with E-state index < -0.39 is 0 Å². The Hall–Kier alpha value is -7.43. The van der Waals surface area contributed by atoms with Crippen LogP contribution < -0.4 is 0 Å². The van der Waals surface area contributed by atoms with Crippen LogP contribution in [-0.2, 0) is 0 Å². The van der Waals surface area contributed by atoms with Crippen molar-refractivity contribution in [2.45, 2.75) is 0 Å². The number of rotatable bonds is 5. The molecule has 0 saturated heterocycles. The summed E-state index contributed by atoms with van der Waals surface area (Å²) in [7, 11) is 0. The highest BCUT2D eigenvalue weighted by molar-refractivity contribution is 6.24. The molecule has 4 heteroatoms. The third-order valence-electron chi connectivity index (χ3n) is 10.7. The van der Waals surface area contributed by atoms with E-state index >= 15 is 0 Å². The zero-order valence-electron chi connectivity index (χ0n) is 29.6. The minimum Gasteiger partial charge on any atom is -0.455 e. The average Bonchev–Trinajstić information content (AvgIpc) is 3.65. The molecule has 0 bridgehead atoms. The molecule has 11 aromatic rings. The molecule has 3 aromatic heterocycles. The highest BCUT2D eigenvalue weighted by Crippen LogP contribution is 2.41. The molecule has 0 saturated carbocycles. The minimum atomic E-state index is 0.712. The van der Waals surface area contributed by atoms with Crippen LogP contribution in [0.4, 0.5) is 0 Å². The summed E-state index contributed by atoms with van der Waals surface area (Å²) in [6.07, 6.45) is 0. The van der Waals surface area contributed by atoms with E-state index in [0.717, 1.165) is 93.7 Å². The molecule has 4 nitrogen and oxygen atoms in total. The number of para-hydroxylation sites is 3. The van der Waals surface area contributed by atoms with Gasteiger partial charge in [0.15, 0.2) is 5.82 Å². The molecule has 0 N–H and O–H groups in total. The zero-order valence-corrected chi connectivity index (χ0v) is 29.6. The second-order valence-corrected chi connectivity index (χ2v) is 14.0. The molecular formula is C51H31N3O. The van der Waals surface area contributed by atoms with Gasteiger partial charge in [0.05, 0.1) is 22.4 Å². The topological polar surface area (TPSA) is 51.8 Å². The van der Waals surface area contributed by atoms with Gasteiger partial charge in [-0.15, -0.1) is 0 Å². The van der Waals surface area contributed by atoms with Crippen LogP contribution in [0.15, 0.2) is 192 Å². The maximum absolute atomic E-state index is 6.52. The van der Waals surface area contributed by atoms with Gasteiger partial charge < -0.3 is 4.42 Å². The standard InChI is InChI=1S/C51H31N3O/c1-2-10-32(11-3-1)33-22-28-38(29-23-33)51-53-45-16-8-5-14-42(45)48(54-51)36-24-18-34(19-25-36)35-20-26-37(27-21-35)49-43-31-30-40-39-12-6-9-17-46(39)55-50(40)47(43)41-13-4-7-15-44(41)52-49/h1-31H. The molecule has 0 aliphatic carbocycles. The van der Waals surface area contributed by atoms with Gasteiger partial charge in [-0.3, -0.25) is 0 Å². The van der Waals surface area contributed by atoms with Crippen LogP contribution in [0.1, 0.15) is 0 Å². The van der Waals surface area contributed by atoms with Gasteiger partial charge in [-0.1, -0.05) is 164 Å². The van der Waals surface area contributed by atoms with E-state index in [4.69, 9.17) is 19.4 Å². The summed E-state index contributed by atoms with van der Waals surface area (Å²) >= 11 is 0. The molecule has 0 atom stereocenters. The first-order valence-electron chi connectivity index (χ1n) is 18.5. The summed E-state index contributed by atoms with van der Waals surface area (Å²) in [6.45, 7) is 0. The monoisotopic (exact) mass is 701 g/mol. The van der Waals surface area contributed by atoms with Crippen molar-refractivity contribution in [3.8, 4) is 56.2 Å². The van der Waals surface area contributed by atoms with E-state index in [1.165, 1.54) is 11.1 Å². The van der Waals surface area contributed by atoms with Crippen molar-refractivity contribution in [1.82, 2.24) is 15.0 Å². The first-order valence-corrected chi connectivity index (χ1v) is 18.5. The number of furan rings is 1. The van der Waals surface area contributed by atoms with Gasteiger partial charge in [0.2, 0.25) is 0 Å². The molecule has 8 aromatic carbocycles. The molecular weight excluding hydrogens is 671 g/mol. The maximum Gasteiger partial charge on any atom is 0.160 e. The fourth-order valence-electron chi connectivity index (χ4n) is 7.95. The van der Waals surface area contributed by atoms with Crippen molar-refractivity contribution >= 4 is 54.5 Å². The SMILES string of the molecule is c1ccc(-c2ccc(-c3nc(-c4ccc(-c5ccc(-c6nc7ccccc7c7c6ccc6c8ccccc8oc67)cc5)cc4)c4ccccc4n3)cc2)cc1. The Morgan fingerprint density at radius 2 is 0.764 bits per heavy atom. The molecule has 256 valence electrons. The largest absolute Gasteiger partial charge is 0.455 e. The lowest BCUT2D eigenvalue weighted by molar-refractivity contribution is 0.673. The number of aromatic nitrogens is 3. The van der Waals surface area contributed by atoms with Crippen molar-refractivity contribution in [3.05, 3.63) is 188 Å². The molecule has 55 heavy (non-hydrogen) atoms. The van der Waals surface area contributed by atoms with Gasteiger partial charge in [-0.2, -0.15) is 0 Å².